The normalized spacial score (nSPS) is 14.7. The van der Waals surface area contributed by atoms with E-state index in [-0.39, 0.29) is 6.10 Å². The van der Waals surface area contributed by atoms with Crippen LogP contribution in [-0.2, 0) is 6.42 Å². The standard InChI is InChI=1S/C23H22OS2/c24-19(15-25-22-13-5-9-17-7-1-3-11-20(17)22)16-26-23-14-6-10-18-8-2-4-12-21(18)23/h1-5,7-9,11-14,19,24H,6,10,15-16H2. The van der Waals surface area contributed by atoms with Gasteiger partial charge in [0.25, 0.3) is 0 Å². The van der Waals surface area contributed by atoms with Gasteiger partial charge in [0.05, 0.1) is 6.10 Å². The molecule has 132 valence electrons. The molecule has 0 aromatic heterocycles. The molecule has 3 aromatic carbocycles. The summed E-state index contributed by atoms with van der Waals surface area (Å²) in [5, 5.41) is 13.0. The van der Waals surface area contributed by atoms with E-state index in [1.54, 1.807) is 23.5 Å². The molecule has 26 heavy (non-hydrogen) atoms. The lowest BCUT2D eigenvalue weighted by molar-refractivity contribution is 0.225. The maximum absolute atomic E-state index is 10.5. The number of hydrogen-bond donors (Lipinski definition) is 1. The zero-order chi connectivity index (χ0) is 17.8. The van der Waals surface area contributed by atoms with Crippen LogP contribution in [0.1, 0.15) is 17.5 Å². The molecular weight excluding hydrogens is 356 g/mol. The Hall–Kier alpha value is -1.68. The SMILES string of the molecule is OC(CSC1=CCCc2ccccc21)CSc1cccc2ccccc12. The number of fused-ring (bicyclic) bond motifs is 2. The lowest BCUT2D eigenvalue weighted by Crippen LogP contribution is -2.13. The first kappa shape index (κ1) is 17.7. The Morgan fingerprint density at radius 1 is 0.846 bits per heavy atom. The van der Waals surface area contributed by atoms with Crippen molar-refractivity contribution in [2.75, 3.05) is 11.5 Å². The fourth-order valence-electron chi connectivity index (χ4n) is 3.33. The predicted octanol–water partition coefficient (Wildman–Crippen LogP) is 6.01. The first-order valence-electron chi connectivity index (χ1n) is 9.01. The molecule has 1 N–H and O–H groups in total. The van der Waals surface area contributed by atoms with Crippen molar-refractivity contribution in [1.82, 2.24) is 0 Å². The van der Waals surface area contributed by atoms with Crippen LogP contribution < -0.4 is 0 Å². The van der Waals surface area contributed by atoms with E-state index in [0.29, 0.717) is 0 Å². The van der Waals surface area contributed by atoms with E-state index < -0.39 is 0 Å². The average molecular weight is 379 g/mol. The lowest BCUT2D eigenvalue weighted by atomic mass is 9.97. The number of aliphatic hydroxyl groups is 1. The molecule has 1 unspecified atom stereocenters. The van der Waals surface area contributed by atoms with Gasteiger partial charge in [0.15, 0.2) is 0 Å². The monoisotopic (exact) mass is 378 g/mol. The molecule has 1 atom stereocenters. The summed E-state index contributed by atoms with van der Waals surface area (Å²) >= 11 is 3.53. The Kier molecular flexibility index (Phi) is 5.68. The largest absolute Gasteiger partial charge is 0.391 e. The fourth-order valence-corrected chi connectivity index (χ4v) is 5.56. The van der Waals surface area contributed by atoms with Crippen molar-refractivity contribution in [3.05, 3.63) is 83.9 Å². The maximum Gasteiger partial charge on any atom is 0.0727 e. The highest BCUT2D eigenvalue weighted by atomic mass is 32.2. The van der Waals surface area contributed by atoms with Crippen LogP contribution in [-0.4, -0.2) is 22.7 Å². The highest BCUT2D eigenvalue weighted by Gasteiger charge is 2.14. The van der Waals surface area contributed by atoms with E-state index in [1.807, 2.05) is 0 Å². The van der Waals surface area contributed by atoms with Gasteiger partial charge < -0.3 is 5.11 Å². The molecule has 0 amide bonds. The Morgan fingerprint density at radius 3 is 2.58 bits per heavy atom. The summed E-state index contributed by atoms with van der Waals surface area (Å²) in [4.78, 5) is 2.57. The van der Waals surface area contributed by atoms with Crippen molar-refractivity contribution in [3.63, 3.8) is 0 Å². The summed E-state index contributed by atoms with van der Waals surface area (Å²) in [6.45, 7) is 0. The molecule has 0 heterocycles. The molecule has 3 heteroatoms. The minimum atomic E-state index is -0.320. The number of aliphatic hydroxyl groups excluding tert-OH is 1. The minimum absolute atomic E-state index is 0.320. The zero-order valence-corrected chi connectivity index (χ0v) is 16.2. The molecule has 1 aliphatic rings. The molecule has 3 aromatic rings. The number of benzene rings is 3. The number of hydrogen-bond acceptors (Lipinski definition) is 3. The van der Waals surface area contributed by atoms with E-state index in [2.05, 4.69) is 72.8 Å². The van der Waals surface area contributed by atoms with Crippen molar-refractivity contribution in [2.24, 2.45) is 0 Å². The van der Waals surface area contributed by atoms with E-state index >= 15 is 0 Å². The summed E-state index contributed by atoms with van der Waals surface area (Å²) in [5.74, 6) is 1.45. The van der Waals surface area contributed by atoms with Gasteiger partial charge in [-0.25, -0.2) is 0 Å². The second kappa shape index (κ2) is 8.34. The molecule has 0 aliphatic heterocycles. The van der Waals surface area contributed by atoms with Crippen LogP contribution in [0.15, 0.2) is 77.7 Å². The zero-order valence-electron chi connectivity index (χ0n) is 14.6. The van der Waals surface area contributed by atoms with Crippen molar-refractivity contribution in [2.45, 2.75) is 23.8 Å². The van der Waals surface area contributed by atoms with Gasteiger partial charge in [0.1, 0.15) is 0 Å². The summed E-state index contributed by atoms with van der Waals surface area (Å²) in [6.07, 6.45) is 4.22. The second-order valence-corrected chi connectivity index (χ2v) is 8.64. The van der Waals surface area contributed by atoms with Crippen LogP contribution in [0.2, 0.25) is 0 Å². The van der Waals surface area contributed by atoms with Crippen molar-refractivity contribution in [1.29, 1.82) is 0 Å². The molecule has 0 spiro atoms. The second-order valence-electron chi connectivity index (χ2n) is 6.52. The highest BCUT2D eigenvalue weighted by molar-refractivity contribution is 8.08. The first-order valence-corrected chi connectivity index (χ1v) is 11.0. The van der Waals surface area contributed by atoms with Crippen molar-refractivity contribution < 1.29 is 5.11 Å². The van der Waals surface area contributed by atoms with Gasteiger partial charge in [-0.3, -0.25) is 0 Å². The van der Waals surface area contributed by atoms with E-state index in [4.69, 9.17) is 0 Å². The smallest absolute Gasteiger partial charge is 0.0727 e. The average Bonchev–Trinajstić information content (AvgIpc) is 2.70. The molecular formula is C23H22OS2. The number of rotatable bonds is 6. The Balaban J connectivity index is 1.36. The van der Waals surface area contributed by atoms with Crippen molar-refractivity contribution in [3.8, 4) is 0 Å². The van der Waals surface area contributed by atoms with E-state index in [1.165, 1.54) is 31.7 Å². The summed E-state index contributed by atoms with van der Waals surface area (Å²) in [5.41, 5.74) is 2.77. The molecule has 1 nitrogen and oxygen atoms in total. The van der Waals surface area contributed by atoms with Crippen LogP contribution >= 0.6 is 23.5 Å². The Bertz CT molecular complexity index is 927. The summed E-state index contributed by atoms with van der Waals surface area (Å²) < 4.78 is 0. The van der Waals surface area contributed by atoms with Crippen LogP contribution in [0, 0.1) is 0 Å². The van der Waals surface area contributed by atoms with Gasteiger partial charge in [0.2, 0.25) is 0 Å². The van der Waals surface area contributed by atoms with E-state index in [0.717, 1.165) is 24.3 Å². The molecule has 0 radical (unpaired) electrons. The van der Waals surface area contributed by atoms with Crippen molar-refractivity contribution >= 4 is 39.2 Å². The van der Waals surface area contributed by atoms with Crippen LogP contribution in [0.25, 0.3) is 15.7 Å². The lowest BCUT2D eigenvalue weighted by Gasteiger charge is -2.18. The van der Waals surface area contributed by atoms with Gasteiger partial charge in [-0.15, -0.1) is 23.5 Å². The third-order valence-corrected chi connectivity index (χ3v) is 7.11. The highest BCUT2D eigenvalue weighted by Crippen LogP contribution is 2.35. The Labute approximate surface area is 163 Å². The molecule has 0 fully saturated rings. The molecule has 0 saturated heterocycles. The van der Waals surface area contributed by atoms with Crippen LogP contribution in [0.5, 0.6) is 0 Å². The van der Waals surface area contributed by atoms with Crippen LogP contribution in [0.4, 0.5) is 0 Å². The molecule has 4 rings (SSSR count). The minimum Gasteiger partial charge on any atom is -0.391 e. The summed E-state index contributed by atoms with van der Waals surface area (Å²) in [6, 6.07) is 23.4. The number of thioether (sulfide) groups is 2. The molecule has 0 saturated carbocycles. The third-order valence-electron chi connectivity index (χ3n) is 4.64. The first-order chi connectivity index (χ1) is 12.8. The summed E-state index contributed by atoms with van der Waals surface area (Å²) in [7, 11) is 0. The van der Waals surface area contributed by atoms with Gasteiger partial charge in [-0.1, -0.05) is 66.7 Å². The van der Waals surface area contributed by atoms with Gasteiger partial charge in [0, 0.05) is 21.3 Å². The number of aryl methyl sites for hydroxylation is 1. The van der Waals surface area contributed by atoms with Gasteiger partial charge in [-0.2, -0.15) is 0 Å². The van der Waals surface area contributed by atoms with Crippen LogP contribution in [0.3, 0.4) is 0 Å². The van der Waals surface area contributed by atoms with Gasteiger partial charge >= 0.3 is 0 Å². The maximum atomic E-state index is 10.5. The molecule has 1 aliphatic carbocycles. The topological polar surface area (TPSA) is 20.2 Å². The Morgan fingerprint density at radius 2 is 1.62 bits per heavy atom. The van der Waals surface area contributed by atoms with E-state index in [9.17, 15) is 5.11 Å². The molecule has 0 bridgehead atoms. The van der Waals surface area contributed by atoms with Gasteiger partial charge in [-0.05, 0) is 40.8 Å². The quantitative estimate of drug-likeness (QED) is 0.530. The third kappa shape index (κ3) is 4.01. The predicted molar refractivity (Wildman–Crippen MR) is 116 cm³/mol. The number of allylic oxidation sites excluding steroid dienone is 1. The fraction of sp³-hybridized carbons (Fsp3) is 0.217.